The monoisotopic (exact) mass is 396 g/mol. The normalized spacial score (nSPS) is 10.5. The zero-order valence-corrected chi connectivity index (χ0v) is 17.2. The number of nitrogens with zero attached hydrogens (tertiary/aromatic N) is 2. The summed E-state index contributed by atoms with van der Waals surface area (Å²) in [6, 6.07) is 12.7. The van der Waals surface area contributed by atoms with Gasteiger partial charge >= 0.3 is 0 Å². The zero-order chi connectivity index (χ0) is 21.0. The van der Waals surface area contributed by atoms with Crippen molar-refractivity contribution in [1.82, 2.24) is 5.16 Å². The van der Waals surface area contributed by atoms with Gasteiger partial charge in [0.2, 0.25) is 5.75 Å². The van der Waals surface area contributed by atoms with Gasteiger partial charge in [0.05, 0.1) is 33.6 Å². The molecule has 3 rings (SSSR count). The Morgan fingerprint density at radius 1 is 1.00 bits per heavy atom. The Hall–Kier alpha value is -3.48. The van der Waals surface area contributed by atoms with Crippen LogP contribution in [0.25, 0.3) is 0 Å². The maximum absolute atomic E-state index is 13.6. The summed E-state index contributed by atoms with van der Waals surface area (Å²) >= 11 is 0. The first kappa shape index (κ1) is 20.3. The highest BCUT2D eigenvalue weighted by molar-refractivity contribution is 6.06. The van der Waals surface area contributed by atoms with Crippen molar-refractivity contribution >= 4 is 11.6 Å². The van der Waals surface area contributed by atoms with E-state index in [1.54, 1.807) is 17.0 Å². The minimum Gasteiger partial charge on any atom is -0.493 e. The van der Waals surface area contributed by atoms with Crippen LogP contribution in [-0.2, 0) is 6.54 Å². The van der Waals surface area contributed by atoms with E-state index in [1.807, 2.05) is 44.2 Å². The second kappa shape index (κ2) is 8.68. The largest absolute Gasteiger partial charge is 0.493 e. The second-order valence-corrected chi connectivity index (χ2v) is 6.44. The lowest BCUT2D eigenvalue weighted by Gasteiger charge is -2.24. The highest BCUT2D eigenvalue weighted by atomic mass is 16.5. The predicted octanol–water partition coefficient (Wildman–Crippen LogP) is 4.16. The number of aromatic nitrogens is 1. The second-order valence-electron chi connectivity index (χ2n) is 6.44. The molecule has 7 heteroatoms. The Kier molecular flexibility index (Phi) is 6.07. The average Bonchev–Trinajstić information content (AvgIpc) is 3.08. The number of aryl methyl sites for hydroxylation is 2. The summed E-state index contributed by atoms with van der Waals surface area (Å²) in [6.45, 7) is 4.02. The first-order chi connectivity index (χ1) is 14.0. The van der Waals surface area contributed by atoms with Gasteiger partial charge in [0.1, 0.15) is 5.76 Å². The fourth-order valence-electron chi connectivity index (χ4n) is 3.13. The van der Waals surface area contributed by atoms with Crippen LogP contribution in [0.3, 0.4) is 0 Å². The van der Waals surface area contributed by atoms with Crippen LogP contribution in [0, 0.1) is 13.8 Å². The third-order valence-electron chi connectivity index (χ3n) is 4.72. The van der Waals surface area contributed by atoms with E-state index < -0.39 is 0 Å². The van der Waals surface area contributed by atoms with Crippen LogP contribution >= 0.6 is 0 Å². The van der Waals surface area contributed by atoms with E-state index in [2.05, 4.69) is 5.16 Å². The lowest BCUT2D eigenvalue weighted by molar-refractivity contribution is 0.0984. The third kappa shape index (κ3) is 4.03. The minimum absolute atomic E-state index is 0.213. The van der Waals surface area contributed by atoms with E-state index in [1.165, 1.54) is 21.3 Å². The number of amides is 1. The number of carbonyl (C=O) groups excluding carboxylic acids is 1. The summed E-state index contributed by atoms with van der Waals surface area (Å²) in [7, 11) is 4.56. The zero-order valence-electron chi connectivity index (χ0n) is 17.2. The fourth-order valence-corrected chi connectivity index (χ4v) is 3.13. The van der Waals surface area contributed by atoms with Gasteiger partial charge in [0.25, 0.3) is 5.91 Å². The van der Waals surface area contributed by atoms with Crippen molar-refractivity contribution in [2.75, 3.05) is 26.2 Å². The standard InChI is InChI=1S/C22H24N2O5/c1-14-18(15(2)29-23-14)13-24(17-9-7-6-8-10-17)22(25)16-11-19(26-3)21(28-5)20(12-16)27-4/h6-12H,13H2,1-5H3. The molecule has 0 spiro atoms. The van der Waals surface area contributed by atoms with E-state index in [9.17, 15) is 4.79 Å². The molecule has 0 atom stereocenters. The molecule has 0 fully saturated rings. The van der Waals surface area contributed by atoms with E-state index in [4.69, 9.17) is 18.7 Å². The number of rotatable bonds is 7. The number of carbonyl (C=O) groups is 1. The molecule has 1 amide bonds. The first-order valence-corrected chi connectivity index (χ1v) is 9.08. The van der Waals surface area contributed by atoms with E-state index >= 15 is 0 Å². The molecule has 1 heterocycles. The molecular weight excluding hydrogens is 372 g/mol. The summed E-state index contributed by atoms with van der Waals surface area (Å²) in [5.41, 5.74) is 2.79. The smallest absolute Gasteiger partial charge is 0.258 e. The van der Waals surface area contributed by atoms with E-state index in [0.717, 1.165) is 16.9 Å². The summed E-state index contributed by atoms with van der Waals surface area (Å²) in [4.78, 5) is 15.2. The van der Waals surface area contributed by atoms with Crippen molar-refractivity contribution in [2.24, 2.45) is 0 Å². The fraction of sp³-hybridized carbons (Fsp3) is 0.273. The molecule has 2 aromatic carbocycles. The number of para-hydroxylation sites is 1. The van der Waals surface area contributed by atoms with Crippen LogP contribution in [0.4, 0.5) is 5.69 Å². The SMILES string of the molecule is COc1cc(C(=O)N(Cc2c(C)noc2C)c2ccccc2)cc(OC)c1OC. The third-order valence-corrected chi connectivity index (χ3v) is 4.72. The van der Waals surface area contributed by atoms with Crippen LogP contribution in [0.1, 0.15) is 27.4 Å². The van der Waals surface area contributed by atoms with Gasteiger partial charge in [0.15, 0.2) is 11.5 Å². The molecule has 0 N–H and O–H groups in total. The Morgan fingerprint density at radius 3 is 2.10 bits per heavy atom. The van der Waals surface area contributed by atoms with Crippen molar-refractivity contribution in [1.29, 1.82) is 0 Å². The molecule has 152 valence electrons. The number of hydrogen-bond donors (Lipinski definition) is 0. The van der Waals surface area contributed by atoms with Gasteiger partial charge < -0.3 is 23.6 Å². The molecule has 7 nitrogen and oxygen atoms in total. The van der Waals surface area contributed by atoms with Crippen molar-refractivity contribution in [3.8, 4) is 17.2 Å². The number of ether oxygens (including phenoxy) is 3. The molecule has 29 heavy (non-hydrogen) atoms. The van der Waals surface area contributed by atoms with Gasteiger partial charge in [-0.1, -0.05) is 23.4 Å². The van der Waals surface area contributed by atoms with Gasteiger partial charge in [-0.05, 0) is 38.1 Å². The van der Waals surface area contributed by atoms with Crippen LogP contribution in [-0.4, -0.2) is 32.4 Å². The first-order valence-electron chi connectivity index (χ1n) is 9.08. The number of benzene rings is 2. The van der Waals surface area contributed by atoms with Crippen LogP contribution < -0.4 is 19.1 Å². The molecular formula is C22H24N2O5. The average molecular weight is 396 g/mol. The summed E-state index contributed by atoms with van der Waals surface area (Å²) in [6.07, 6.45) is 0. The molecule has 1 aromatic heterocycles. The summed E-state index contributed by atoms with van der Waals surface area (Å²) in [5.74, 6) is 1.74. The molecule has 0 unspecified atom stereocenters. The maximum Gasteiger partial charge on any atom is 0.258 e. The topological polar surface area (TPSA) is 74.0 Å². The molecule has 0 aliphatic heterocycles. The van der Waals surface area contributed by atoms with E-state index in [0.29, 0.717) is 35.1 Å². The molecule has 3 aromatic rings. The summed E-state index contributed by atoms with van der Waals surface area (Å²) in [5, 5.41) is 4.00. The Morgan fingerprint density at radius 2 is 1.62 bits per heavy atom. The Labute approximate surface area is 169 Å². The lowest BCUT2D eigenvalue weighted by atomic mass is 10.1. The van der Waals surface area contributed by atoms with Gasteiger partial charge in [-0.3, -0.25) is 4.79 Å². The Balaban J connectivity index is 2.08. The van der Waals surface area contributed by atoms with Crippen LogP contribution in [0.5, 0.6) is 17.2 Å². The Bertz CT molecular complexity index is 953. The van der Waals surface area contributed by atoms with Gasteiger partial charge in [-0.2, -0.15) is 0 Å². The van der Waals surface area contributed by atoms with E-state index in [-0.39, 0.29) is 5.91 Å². The lowest BCUT2D eigenvalue weighted by Crippen LogP contribution is -2.31. The minimum atomic E-state index is -0.213. The van der Waals surface area contributed by atoms with Crippen molar-refractivity contribution in [2.45, 2.75) is 20.4 Å². The number of anilines is 1. The predicted molar refractivity (Wildman–Crippen MR) is 109 cm³/mol. The number of hydrogen-bond acceptors (Lipinski definition) is 6. The van der Waals surface area contributed by atoms with Gasteiger partial charge in [0, 0.05) is 16.8 Å². The van der Waals surface area contributed by atoms with Gasteiger partial charge in [-0.25, -0.2) is 0 Å². The van der Waals surface area contributed by atoms with Crippen molar-refractivity contribution < 1.29 is 23.5 Å². The van der Waals surface area contributed by atoms with Crippen LogP contribution in [0.15, 0.2) is 47.0 Å². The highest BCUT2D eigenvalue weighted by Crippen LogP contribution is 2.39. The molecule has 0 aliphatic rings. The number of methoxy groups -OCH3 is 3. The highest BCUT2D eigenvalue weighted by Gasteiger charge is 2.24. The molecule has 0 saturated heterocycles. The molecule has 0 radical (unpaired) electrons. The molecule has 0 aliphatic carbocycles. The summed E-state index contributed by atoms with van der Waals surface area (Å²) < 4.78 is 21.4. The van der Waals surface area contributed by atoms with Crippen LogP contribution in [0.2, 0.25) is 0 Å². The molecule has 0 bridgehead atoms. The maximum atomic E-state index is 13.6. The molecule has 0 saturated carbocycles. The quantitative estimate of drug-likeness (QED) is 0.597. The van der Waals surface area contributed by atoms with Crippen molar-refractivity contribution in [3.63, 3.8) is 0 Å². The van der Waals surface area contributed by atoms with Gasteiger partial charge in [-0.15, -0.1) is 0 Å². The van der Waals surface area contributed by atoms with Crippen molar-refractivity contribution in [3.05, 3.63) is 65.0 Å².